The summed E-state index contributed by atoms with van der Waals surface area (Å²) in [6.45, 7) is 0.412. The van der Waals surface area contributed by atoms with Gasteiger partial charge in [0, 0.05) is 12.3 Å². The second-order valence-electron chi connectivity index (χ2n) is 5.53. The van der Waals surface area contributed by atoms with Gasteiger partial charge in [0.2, 0.25) is 11.0 Å². The standard InChI is InChI=1S/C16H18N2O4S/c1-22-16(21)18-8-6-10-4-2-3-5-11(10)13(18)14(19)17-12-7-9-23-15(12)20/h2-5,12-13H,6-9H2,1H3,(H,17,19). The number of hydrogen-bond acceptors (Lipinski definition) is 5. The van der Waals surface area contributed by atoms with Crippen LogP contribution in [0.4, 0.5) is 4.79 Å². The fraction of sp³-hybridized carbons (Fsp3) is 0.438. The lowest BCUT2D eigenvalue weighted by molar-refractivity contribution is -0.129. The predicted octanol–water partition coefficient (Wildman–Crippen LogP) is 1.50. The van der Waals surface area contributed by atoms with E-state index in [0.29, 0.717) is 25.1 Å². The highest BCUT2D eigenvalue weighted by Gasteiger charge is 2.38. The van der Waals surface area contributed by atoms with Crippen molar-refractivity contribution in [3.05, 3.63) is 35.4 Å². The molecule has 1 aromatic carbocycles. The zero-order valence-corrected chi connectivity index (χ0v) is 13.6. The van der Waals surface area contributed by atoms with Crippen molar-refractivity contribution >= 4 is 28.9 Å². The molecule has 3 rings (SSSR count). The lowest BCUT2D eigenvalue weighted by Gasteiger charge is -2.35. The first-order valence-corrected chi connectivity index (χ1v) is 8.50. The first-order chi connectivity index (χ1) is 11.1. The molecule has 1 fully saturated rings. The number of nitrogens with zero attached hydrogens (tertiary/aromatic N) is 1. The quantitative estimate of drug-likeness (QED) is 0.887. The summed E-state index contributed by atoms with van der Waals surface area (Å²) >= 11 is 1.23. The highest BCUT2D eigenvalue weighted by Crippen LogP contribution is 2.31. The van der Waals surface area contributed by atoms with Crippen molar-refractivity contribution in [2.24, 2.45) is 0 Å². The van der Waals surface area contributed by atoms with Crippen LogP contribution in [0.1, 0.15) is 23.6 Å². The number of methoxy groups -OCH3 is 1. The minimum atomic E-state index is -0.759. The molecule has 2 unspecified atom stereocenters. The van der Waals surface area contributed by atoms with Crippen LogP contribution in [0.2, 0.25) is 0 Å². The highest BCUT2D eigenvalue weighted by atomic mass is 32.2. The van der Waals surface area contributed by atoms with E-state index in [1.165, 1.54) is 23.8 Å². The number of nitrogens with one attached hydrogen (secondary N) is 1. The maximum Gasteiger partial charge on any atom is 0.410 e. The first kappa shape index (κ1) is 15.9. The summed E-state index contributed by atoms with van der Waals surface area (Å²) < 4.78 is 4.81. The topological polar surface area (TPSA) is 75.7 Å². The molecule has 1 saturated heterocycles. The van der Waals surface area contributed by atoms with Gasteiger partial charge in [-0.1, -0.05) is 36.0 Å². The summed E-state index contributed by atoms with van der Waals surface area (Å²) in [6.07, 6.45) is 0.765. The van der Waals surface area contributed by atoms with E-state index in [9.17, 15) is 14.4 Å². The zero-order valence-electron chi connectivity index (χ0n) is 12.8. The van der Waals surface area contributed by atoms with Gasteiger partial charge in [-0.25, -0.2) is 4.79 Å². The molecule has 0 bridgehead atoms. The van der Waals surface area contributed by atoms with E-state index in [1.807, 2.05) is 24.3 Å². The maximum atomic E-state index is 12.8. The van der Waals surface area contributed by atoms with Crippen LogP contribution in [0.25, 0.3) is 0 Å². The Kier molecular flexibility index (Phi) is 4.56. The van der Waals surface area contributed by atoms with E-state index in [2.05, 4.69) is 5.32 Å². The number of fused-ring (bicyclic) bond motifs is 1. The second-order valence-corrected chi connectivity index (χ2v) is 6.63. The van der Waals surface area contributed by atoms with Gasteiger partial charge in [0.05, 0.1) is 13.2 Å². The SMILES string of the molecule is COC(=O)N1CCc2ccccc2C1C(=O)NC1CCSC1=O. The Bertz CT molecular complexity index is 649. The van der Waals surface area contributed by atoms with Gasteiger partial charge in [-0.2, -0.15) is 0 Å². The van der Waals surface area contributed by atoms with Crippen LogP contribution in [0.3, 0.4) is 0 Å². The number of hydrogen-bond donors (Lipinski definition) is 1. The van der Waals surface area contributed by atoms with Gasteiger partial charge in [-0.15, -0.1) is 0 Å². The summed E-state index contributed by atoms with van der Waals surface area (Å²) in [5.41, 5.74) is 1.83. The Morgan fingerprint density at radius 1 is 1.35 bits per heavy atom. The monoisotopic (exact) mass is 334 g/mol. The number of carbonyl (C=O) groups is 3. The number of benzene rings is 1. The van der Waals surface area contributed by atoms with Crippen LogP contribution < -0.4 is 5.32 Å². The molecule has 2 aliphatic rings. The van der Waals surface area contributed by atoms with Crippen molar-refractivity contribution in [2.75, 3.05) is 19.4 Å². The summed E-state index contributed by atoms with van der Waals surface area (Å²) in [7, 11) is 1.30. The number of ether oxygens (including phenoxy) is 1. The summed E-state index contributed by atoms with van der Waals surface area (Å²) in [5.74, 6) is 0.384. The molecule has 0 spiro atoms. The lowest BCUT2D eigenvalue weighted by atomic mass is 9.92. The molecule has 6 nitrogen and oxygen atoms in total. The molecule has 1 aromatic rings. The molecule has 2 atom stereocenters. The Morgan fingerprint density at radius 3 is 2.83 bits per heavy atom. The zero-order chi connectivity index (χ0) is 16.4. The van der Waals surface area contributed by atoms with Gasteiger partial charge >= 0.3 is 6.09 Å². The average Bonchev–Trinajstić information content (AvgIpc) is 2.97. The van der Waals surface area contributed by atoms with Crippen LogP contribution in [-0.2, 0) is 20.7 Å². The lowest BCUT2D eigenvalue weighted by Crippen LogP contribution is -2.50. The summed E-state index contributed by atoms with van der Waals surface area (Å²) in [4.78, 5) is 38.0. The van der Waals surface area contributed by atoms with E-state index in [-0.39, 0.29) is 11.0 Å². The molecule has 122 valence electrons. The van der Waals surface area contributed by atoms with Gasteiger partial charge < -0.3 is 10.1 Å². The van der Waals surface area contributed by atoms with Crippen molar-refractivity contribution in [1.82, 2.24) is 10.2 Å². The molecule has 7 heteroatoms. The second kappa shape index (κ2) is 6.62. The van der Waals surface area contributed by atoms with Crippen molar-refractivity contribution in [3.63, 3.8) is 0 Å². The van der Waals surface area contributed by atoms with E-state index in [0.717, 1.165) is 11.1 Å². The molecule has 2 heterocycles. The van der Waals surface area contributed by atoms with Gasteiger partial charge in [0.15, 0.2) is 0 Å². The Hall–Kier alpha value is -2.02. The largest absolute Gasteiger partial charge is 0.453 e. The normalized spacial score (nSPS) is 23.3. The van der Waals surface area contributed by atoms with E-state index in [1.54, 1.807) is 0 Å². The van der Waals surface area contributed by atoms with Crippen molar-refractivity contribution in [1.29, 1.82) is 0 Å². The molecular weight excluding hydrogens is 316 g/mol. The van der Waals surface area contributed by atoms with Crippen LogP contribution in [0.15, 0.2) is 24.3 Å². The molecule has 2 aliphatic heterocycles. The third-order valence-corrected chi connectivity index (χ3v) is 5.20. The molecular formula is C16H18N2O4S. The summed E-state index contributed by atoms with van der Waals surface area (Å²) in [6, 6.07) is 6.34. The van der Waals surface area contributed by atoms with Crippen molar-refractivity contribution in [2.45, 2.75) is 24.9 Å². The molecule has 2 amide bonds. The number of carbonyl (C=O) groups excluding carboxylic acids is 3. The van der Waals surface area contributed by atoms with Crippen LogP contribution in [0, 0.1) is 0 Å². The van der Waals surface area contributed by atoms with Gasteiger partial charge in [0.1, 0.15) is 6.04 Å². The molecule has 0 aromatic heterocycles. The first-order valence-electron chi connectivity index (χ1n) is 7.51. The minimum Gasteiger partial charge on any atom is -0.453 e. The number of rotatable bonds is 2. The predicted molar refractivity (Wildman–Crippen MR) is 86.0 cm³/mol. The molecule has 0 aliphatic carbocycles. The van der Waals surface area contributed by atoms with Crippen molar-refractivity contribution in [3.8, 4) is 0 Å². The van der Waals surface area contributed by atoms with Crippen LogP contribution in [-0.4, -0.2) is 47.5 Å². The van der Waals surface area contributed by atoms with E-state index >= 15 is 0 Å². The van der Waals surface area contributed by atoms with Gasteiger partial charge in [-0.05, 0) is 24.0 Å². The molecule has 1 N–H and O–H groups in total. The van der Waals surface area contributed by atoms with Crippen LogP contribution >= 0.6 is 11.8 Å². The third kappa shape index (κ3) is 3.06. The number of amides is 2. The fourth-order valence-corrected chi connectivity index (χ4v) is 3.97. The Morgan fingerprint density at radius 2 is 2.13 bits per heavy atom. The Balaban J connectivity index is 1.89. The van der Waals surface area contributed by atoms with Crippen LogP contribution in [0.5, 0.6) is 0 Å². The third-order valence-electron chi connectivity index (χ3n) is 4.19. The van der Waals surface area contributed by atoms with E-state index < -0.39 is 18.2 Å². The Labute approximate surface area is 138 Å². The van der Waals surface area contributed by atoms with Gasteiger partial charge in [-0.3, -0.25) is 14.5 Å². The molecule has 23 heavy (non-hydrogen) atoms. The molecule has 0 saturated carbocycles. The van der Waals surface area contributed by atoms with E-state index in [4.69, 9.17) is 4.74 Å². The summed E-state index contributed by atoms with van der Waals surface area (Å²) in [5, 5.41) is 2.77. The van der Waals surface area contributed by atoms with Crippen molar-refractivity contribution < 1.29 is 19.1 Å². The molecule has 0 radical (unpaired) electrons. The minimum absolute atomic E-state index is 0.0212. The fourth-order valence-electron chi connectivity index (χ4n) is 3.04. The highest BCUT2D eigenvalue weighted by molar-refractivity contribution is 8.14. The average molecular weight is 334 g/mol. The van der Waals surface area contributed by atoms with Gasteiger partial charge in [0.25, 0.3) is 0 Å². The smallest absolute Gasteiger partial charge is 0.410 e. The number of thioether (sulfide) groups is 1. The maximum absolute atomic E-state index is 12.8.